The number of fused-ring (bicyclic) bond motifs is 2. The molecule has 8 aliphatic rings. The highest BCUT2D eigenvalue weighted by molar-refractivity contribution is 8.77. The fourth-order valence-corrected chi connectivity index (χ4v) is 14.0. The molecule has 0 aromatic heterocycles. The number of carbonyl (C=O) groups is 4. The molecular formula is C41H60N2O12S2. The number of hydrogen-bond acceptors (Lipinski definition) is 14. The standard InChI is InChI=1S/C41H60N2O12S2/c1-25(2)39-35(54-39)26(3)41-38(55-41)13-11-28-29(24-51-36(28)47)30(38)23-31-40(41,53-31)37(39)52-34(46)10-6-9-33(45)43-15-17-49-19-21-50-20-18-48-16-14-42-32(44)8-5-4-7-27-12-22-56-57-27/h25-27,30-31,35,37H,4-24H2,1-3H3,(H,42,44)(H,43,45)/t26?,27?,30-,31-,35-,37+,38+,39-,40+,41+/m0/s1. The minimum absolute atomic E-state index is 0.0316. The van der Waals surface area contributed by atoms with Crippen molar-refractivity contribution < 1.29 is 57.1 Å². The lowest BCUT2D eigenvalue weighted by Gasteiger charge is -2.47. The molecule has 0 aromatic carbocycles. The van der Waals surface area contributed by atoms with Crippen LogP contribution >= 0.6 is 21.6 Å². The summed E-state index contributed by atoms with van der Waals surface area (Å²) in [5, 5.41) is 6.52. The molecule has 3 spiro atoms. The topological polar surface area (TPSA) is 176 Å². The number of unbranched alkanes of at least 4 members (excludes halogenated alkanes) is 1. The van der Waals surface area contributed by atoms with Crippen molar-refractivity contribution in [3.05, 3.63) is 11.1 Å². The number of esters is 2. The molecule has 57 heavy (non-hydrogen) atoms. The maximum Gasteiger partial charge on any atom is 0.334 e. The third-order valence-corrected chi connectivity index (χ3v) is 16.8. The summed E-state index contributed by atoms with van der Waals surface area (Å²) in [6, 6.07) is 0. The van der Waals surface area contributed by atoms with E-state index in [-0.39, 0.29) is 66.6 Å². The van der Waals surface area contributed by atoms with Gasteiger partial charge in [-0.05, 0) is 56.4 Å². The van der Waals surface area contributed by atoms with Crippen LogP contribution in [0.5, 0.6) is 0 Å². The van der Waals surface area contributed by atoms with E-state index in [1.165, 1.54) is 18.6 Å². The van der Waals surface area contributed by atoms with E-state index in [0.717, 1.165) is 29.2 Å². The summed E-state index contributed by atoms with van der Waals surface area (Å²) in [6.07, 6.45) is 6.86. The molecule has 0 aromatic rings. The van der Waals surface area contributed by atoms with Gasteiger partial charge in [-0.15, -0.1) is 0 Å². The van der Waals surface area contributed by atoms with Crippen LogP contribution in [0.1, 0.15) is 91.4 Å². The fourth-order valence-electron chi connectivity index (χ4n) is 11.0. The zero-order valence-corrected chi connectivity index (χ0v) is 35.2. The van der Waals surface area contributed by atoms with Crippen LogP contribution in [0.3, 0.4) is 0 Å². The third-order valence-electron chi connectivity index (χ3n) is 13.8. The van der Waals surface area contributed by atoms with Crippen molar-refractivity contribution in [3.8, 4) is 0 Å². The van der Waals surface area contributed by atoms with Crippen molar-refractivity contribution in [1.82, 2.24) is 10.6 Å². The molecular weight excluding hydrogens is 777 g/mol. The lowest BCUT2D eigenvalue weighted by Crippen LogP contribution is -2.69. The van der Waals surface area contributed by atoms with Gasteiger partial charge in [0.15, 0.2) is 11.7 Å². The molecule has 5 heterocycles. The average molecular weight is 837 g/mol. The van der Waals surface area contributed by atoms with Gasteiger partial charge in [-0.25, -0.2) is 4.79 Å². The highest BCUT2D eigenvalue weighted by atomic mass is 33.1. The van der Waals surface area contributed by atoms with Gasteiger partial charge in [0.05, 0.1) is 51.8 Å². The van der Waals surface area contributed by atoms with E-state index in [1.54, 1.807) is 0 Å². The van der Waals surface area contributed by atoms with Gasteiger partial charge in [0, 0.05) is 60.8 Å². The fraction of sp³-hybridized carbons (Fsp3) is 0.854. The van der Waals surface area contributed by atoms with Crippen molar-refractivity contribution in [2.45, 2.75) is 137 Å². The first-order valence-electron chi connectivity index (χ1n) is 21.3. The normalized spacial score (nSPS) is 37.6. The van der Waals surface area contributed by atoms with Crippen molar-refractivity contribution in [1.29, 1.82) is 0 Å². The van der Waals surface area contributed by atoms with Crippen molar-refractivity contribution >= 4 is 45.3 Å². The Morgan fingerprint density at radius 1 is 0.912 bits per heavy atom. The van der Waals surface area contributed by atoms with Gasteiger partial charge in [-0.3, -0.25) is 14.4 Å². The van der Waals surface area contributed by atoms with E-state index in [9.17, 15) is 19.2 Å². The summed E-state index contributed by atoms with van der Waals surface area (Å²) < 4.78 is 48.7. The Morgan fingerprint density at radius 3 is 2.30 bits per heavy atom. The smallest absolute Gasteiger partial charge is 0.334 e. The maximum absolute atomic E-state index is 13.5. The molecule has 6 fully saturated rings. The number of cyclic esters (lactones) is 1. The molecule has 2 N–H and O–H groups in total. The molecule has 14 nitrogen and oxygen atoms in total. The first kappa shape index (κ1) is 41.8. The molecule has 16 heteroatoms. The van der Waals surface area contributed by atoms with Gasteiger partial charge in [0.25, 0.3) is 0 Å². The Kier molecular flexibility index (Phi) is 12.6. The van der Waals surface area contributed by atoms with Crippen molar-refractivity contribution in [2.75, 3.05) is 65.1 Å². The summed E-state index contributed by atoms with van der Waals surface area (Å²) in [7, 11) is 3.95. The second-order valence-electron chi connectivity index (χ2n) is 17.2. The van der Waals surface area contributed by atoms with Gasteiger partial charge in [-0.2, -0.15) is 0 Å². The number of carbonyl (C=O) groups excluding carboxylic acids is 4. The molecule has 4 saturated heterocycles. The summed E-state index contributed by atoms with van der Waals surface area (Å²) >= 11 is 0. The molecule has 2 amide bonds. The lowest BCUT2D eigenvalue weighted by molar-refractivity contribution is -0.166. The van der Waals surface area contributed by atoms with Gasteiger partial charge >= 0.3 is 11.9 Å². The first-order chi connectivity index (χ1) is 27.6. The van der Waals surface area contributed by atoms with Crippen LogP contribution in [0, 0.1) is 17.8 Å². The van der Waals surface area contributed by atoms with E-state index >= 15 is 0 Å². The van der Waals surface area contributed by atoms with Gasteiger partial charge in [0.2, 0.25) is 11.8 Å². The second kappa shape index (κ2) is 17.2. The van der Waals surface area contributed by atoms with E-state index in [0.29, 0.717) is 91.4 Å². The zero-order valence-electron chi connectivity index (χ0n) is 33.6. The highest BCUT2D eigenvalue weighted by Gasteiger charge is 3.01. The average Bonchev–Trinajstić information content (AvgIpc) is 4.13. The van der Waals surface area contributed by atoms with E-state index < -0.39 is 28.5 Å². The molecule has 10 atom stereocenters. The quantitative estimate of drug-likeness (QED) is 0.0658. The van der Waals surface area contributed by atoms with Gasteiger partial charge < -0.3 is 48.5 Å². The Balaban J connectivity index is 0.675. The molecule has 5 aliphatic heterocycles. The molecule has 2 unspecified atom stereocenters. The molecule has 0 bridgehead atoms. The number of ether oxygens (including phenoxy) is 8. The predicted octanol–water partition coefficient (Wildman–Crippen LogP) is 3.82. The maximum atomic E-state index is 13.5. The summed E-state index contributed by atoms with van der Waals surface area (Å²) in [5.74, 6) is 0.765. The van der Waals surface area contributed by atoms with Crippen LogP contribution in [-0.4, -0.2) is 135 Å². The Bertz CT molecular complexity index is 1580. The second-order valence-corrected chi connectivity index (χ2v) is 20.0. The first-order valence-corrected chi connectivity index (χ1v) is 23.7. The van der Waals surface area contributed by atoms with Crippen LogP contribution in [0.2, 0.25) is 0 Å². The SMILES string of the molecule is CC(C)[C@]12O[C@H]1C(C)[C@@]13O[C@@]14CCC1=C(COC1=O)[C@@H]4C[C@@H]1O[C@@]13[C@@H]2OC(=O)CCCC(=O)NCCOCCOCCOCCNC(=O)CCCCC1CCSS1. The monoisotopic (exact) mass is 836 g/mol. The van der Waals surface area contributed by atoms with Crippen LogP contribution in [-0.2, 0) is 57.1 Å². The zero-order chi connectivity index (χ0) is 39.8. The highest BCUT2D eigenvalue weighted by Crippen LogP contribution is 2.84. The predicted molar refractivity (Wildman–Crippen MR) is 210 cm³/mol. The largest absolute Gasteiger partial charge is 0.458 e. The minimum Gasteiger partial charge on any atom is -0.458 e. The molecule has 0 radical (unpaired) electrons. The van der Waals surface area contributed by atoms with Crippen LogP contribution in [0.25, 0.3) is 0 Å². The molecule has 3 aliphatic carbocycles. The van der Waals surface area contributed by atoms with E-state index in [1.807, 2.05) is 21.6 Å². The van der Waals surface area contributed by atoms with Crippen LogP contribution in [0.15, 0.2) is 11.1 Å². The molecule has 2 saturated carbocycles. The summed E-state index contributed by atoms with van der Waals surface area (Å²) in [4.78, 5) is 50.4. The van der Waals surface area contributed by atoms with E-state index in [2.05, 4.69) is 31.4 Å². The van der Waals surface area contributed by atoms with Crippen molar-refractivity contribution in [3.63, 3.8) is 0 Å². The van der Waals surface area contributed by atoms with E-state index in [4.69, 9.17) is 37.9 Å². The summed E-state index contributed by atoms with van der Waals surface area (Å²) in [5.41, 5.74) is -0.714. The number of amides is 2. The number of hydrogen-bond donors (Lipinski definition) is 2. The Morgan fingerprint density at radius 2 is 1.61 bits per heavy atom. The minimum atomic E-state index is -0.792. The van der Waals surface area contributed by atoms with Crippen molar-refractivity contribution in [2.24, 2.45) is 17.8 Å². The Labute approximate surface area is 343 Å². The van der Waals surface area contributed by atoms with Gasteiger partial charge in [0.1, 0.15) is 23.4 Å². The lowest BCUT2D eigenvalue weighted by atomic mass is 9.51. The third kappa shape index (κ3) is 7.58. The molecule has 8 rings (SSSR count). The number of epoxide rings is 3. The number of nitrogens with one attached hydrogen (secondary N) is 2. The van der Waals surface area contributed by atoms with Crippen LogP contribution < -0.4 is 10.6 Å². The number of rotatable bonds is 23. The molecule has 318 valence electrons. The Hall–Kier alpha value is -1.92. The van der Waals surface area contributed by atoms with Crippen LogP contribution in [0.4, 0.5) is 0 Å². The van der Waals surface area contributed by atoms with Gasteiger partial charge in [-0.1, -0.05) is 48.8 Å². The summed E-state index contributed by atoms with van der Waals surface area (Å²) in [6.45, 7) is 10.0.